The van der Waals surface area contributed by atoms with E-state index in [1.54, 1.807) is 7.11 Å². The van der Waals surface area contributed by atoms with Crippen LogP contribution in [0, 0.1) is 20.8 Å². The van der Waals surface area contributed by atoms with Gasteiger partial charge in [-0.3, -0.25) is 4.79 Å². The van der Waals surface area contributed by atoms with E-state index in [-0.39, 0.29) is 12.5 Å². The van der Waals surface area contributed by atoms with Gasteiger partial charge >= 0.3 is 0 Å². The molecular weight excluding hydrogens is 276 g/mol. The Labute approximate surface area is 131 Å². The third-order valence-electron chi connectivity index (χ3n) is 3.46. The van der Waals surface area contributed by atoms with Crippen LogP contribution < -0.4 is 15.4 Å². The van der Waals surface area contributed by atoms with Crippen LogP contribution in [0.5, 0.6) is 5.75 Å². The lowest BCUT2D eigenvalue weighted by atomic mass is 10.1. The van der Waals surface area contributed by atoms with Crippen LogP contribution in [-0.4, -0.2) is 19.6 Å². The van der Waals surface area contributed by atoms with Gasteiger partial charge < -0.3 is 15.4 Å². The molecule has 0 radical (unpaired) electrons. The van der Waals surface area contributed by atoms with Crippen molar-refractivity contribution in [3.8, 4) is 5.75 Å². The zero-order chi connectivity index (χ0) is 16.1. The summed E-state index contributed by atoms with van der Waals surface area (Å²) in [5.74, 6) is 0.641. The Morgan fingerprint density at radius 3 is 2.32 bits per heavy atom. The molecule has 0 aromatic heterocycles. The molecule has 0 atom stereocenters. The molecule has 0 saturated carbocycles. The van der Waals surface area contributed by atoms with Crippen LogP contribution in [-0.2, 0) is 4.79 Å². The number of hydrogen-bond acceptors (Lipinski definition) is 3. The average molecular weight is 298 g/mol. The average Bonchev–Trinajstić information content (AvgIpc) is 2.49. The number of amides is 1. The van der Waals surface area contributed by atoms with Crippen LogP contribution in [0.25, 0.3) is 0 Å². The zero-order valence-corrected chi connectivity index (χ0v) is 13.5. The second-order valence-corrected chi connectivity index (χ2v) is 5.42. The summed E-state index contributed by atoms with van der Waals surface area (Å²) < 4.78 is 5.29. The van der Waals surface area contributed by atoms with Crippen molar-refractivity contribution in [1.82, 2.24) is 0 Å². The second kappa shape index (κ2) is 6.98. The minimum Gasteiger partial charge on any atom is -0.495 e. The van der Waals surface area contributed by atoms with Gasteiger partial charge in [-0.15, -0.1) is 0 Å². The SMILES string of the molecule is COc1ccc(C)cc1NCC(=O)Nc1cc(C)ccc1C. The third kappa shape index (κ3) is 4.01. The molecule has 0 bridgehead atoms. The highest BCUT2D eigenvalue weighted by Gasteiger charge is 2.07. The first kappa shape index (κ1) is 15.9. The van der Waals surface area contributed by atoms with Crippen LogP contribution in [0.3, 0.4) is 0 Å². The predicted molar refractivity (Wildman–Crippen MR) is 90.8 cm³/mol. The van der Waals surface area contributed by atoms with Gasteiger partial charge in [0.2, 0.25) is 5.91 Å². The van der Waals surface area contributed by atoms with Gasteiger partial charge in [0.25, 0.3) is 0 Å². The molecule has 116 valence electrons. The van der Waals surface area contributed by atoms with Crippen LogP contribution in [0.4, 0.5) is 11.4 Å². The lowest BCUT2D eigenvalue weighted by molar-refractivity contribution is -0.114. The number of aryl methyl sites for hydroxylation is 3. The number of benzene rings is 2. The topological polar surface area (TPSA) is 50.4 Å². The van der Waals surface area contributed by atoms with Gasteiger partial charge in [-0.2, -0.15) is 0 Å². The molecule has 0 heterocycles. The molecule has 4 nitrogen and oxygen atoms in total. The minimum absolute atomic E-state index is 0.0859. The molecule has 0 saturated heterocycles. The number of rotatable bonds is 5. The molecule has 2 aromatic rings. The third-order valence-corrected chi connectivity index (χ3v) is 3.46. The first-order valence-corrected chi connectivity index (χ1v) is 7.25. The fourth-order valence-corrected chi connectivity index (χ4v) is 2.20. The van der Waals surface area contributed by atoms with E-state index in [2.05, 4.69) is 10.6 Å². The summed E-state index contributed by atoms with van der Waals surface area (Å²) in [5, 5.41) is 6.05. The van der Waals surface area contributed by atoms with Crippen molar-refractivity contribution in [3.63, 3.8) is 0 Å². The van der Waals surface area contributed by atoms with Gasteiger partial charge in [0, 0.05) is 5.69 Å². The molecule has 0 aliphatic heterocycles. The number of carbonyl (C=O) groups is 1. The number of anilines is 2. The highest BCUT2D eigenvalue weighted by Crippen LogP contribution is 2.25. The molecule has 22 heavy (non-hydrogen) atoms. The quantitative estimate of drug-likeness (QED) is 0.885. The minimum atomic E-state index is -0.0859. The van der Waals surface area contributed by atoms with Crippen molar-refractivity contribution in [3.05, 3.63) is 53.1 Å². The molecule has 2 N–H and O–H groups in total. The van der Waals surface area contributed by atoms with Gasteiger partial charge in [0.1, 0.15) is 5.75 Å². The van der Waals surface area contributed by atoms with E-state index in [4.69, 9.17) is 4.74 Å². The Kier molecular flexibility index (Phi) is 5.04. The largest absolute Gasteiger partial charge is 0.495 e. The first-order chi connectivity index (χ1) is 10.5. The number of nitrogens with one attached hydrogen (secondary N) is 2. The Hall–Kier alpha value is -2.49. The smallest absolute Gasteiger partial charge is 0.243 e. The first-order valence-electron chi connectivity index (χ1n) is 7.25. The van der Waals surface area contributed by atoms with Gasteiger partial charge in [-0.25, -0.2) is 0 Å². The molecule has 0 fully saturated rings. The predicted octanol–water partition coefficient (Wildman–Crippen LogP) is 3.67. The van der Waals surface area contributed by atoms with E-state index >= 15 is 0 Å². The Morgan fingerprint density at radius 2 is 1.64 bits per heavy atom. The summed E-state index contributed by atoms with van der Waals surface area (Å²) >= 11 is 0. The highest BCUT2D eigenvalue weighted by atomic mass is 16.5. The number of ether oxygens (including phenoxy) is 1. The molecule has 0 aliphatic carbocycles. The standard InChI is InChI=1S/C18H22N2O2/c1-12-5-7-14(3)15(9-12)20-18(21)11-19-16-10-13(2)6-8-17(16)22-4/h5-10,19H,11H2,1-4H3,(H,20,21). The summed E-state index contributed by atoms with van der Waals surface area (Å²) in [7, 11) is 1.62. The maximum Gasteiger partial charge on any atom is 0.243 e. The molecule has 0 aliphatic rings. The van der Waals surface area contributed by atoms with Gasteiger partial charge in [-0.05, 0) is 55.7 Å². The fourth-order valence-electron chi connectivity index (χ4n) is 2.20. The maximum absolute atomic E-state index is 12.1. The normalized spacial score (nSPS) is 10.2. The van der Waals surface area contributed by atoms with E-state index in [0.717, 1.165) is 33.8 Å². The van der Waals surface area contributed by atoms with Gasteiger partial charge in [0.05, 0.1) is 19.3 Å². The zero-order valence-electron chi connectivity index (χ0n) is 13.5. The Bertz CT molecular complexity index is 681. The van der Waals surface area contributed by atoms with Crippen molar-refractivity contribution < 1.29 is 9.53 Å². The highest BCUT2D eigenvalue weighted by molar-refractivity contribution is 5.94. The molecule has 0 spiro atoms. The summed E-state index contributed by atoms with van der Waals surface area (Å²) in [6.45, 7) is 6.17. The van der Waals surface area contributed by atoms with E-state index in [1.165, 1.54) is 0 Å². The van der Waals surface area contributed by atoms with Crippen molar-refractivity contribution in [2.45, 2.75) is 20.8 Å². The Balaban J connectivity index is 2.01. The molecule has 2 aromatic carbocycles. The van der Waals surface area contributed by atoms with Crippen molar-refractivity contribution >= 4 is 17.3 Å². The second-order valence-electron chi connectivity index (χ2n) is 5.42. The number of carbonyl (C=O) groups excluding carboxylic acids is 1. The number of hydrogen-bond donors (Lipinski definition) is 2. The van der Waals surface area contributed by atoms with Crippen LogP contribution in [0.2, 0.25) is 0 Å². The summed E-state index contributed by atoms with van der Waals surface area (Å²) in [4.78, 5) is 12.1. The van der Waals surface area contributed by atoms with Gasteiger partial charge in [-0.1, -0.05) is 18.2 Å². The summed E-state index contributed by atoms with van der Waals surface area (Å²) in [6.07, 6.45) is 0. The fraction of sp³-hybridized carbons (Fsp3) is 0.278. The van der Waals surface area contributed by atoms with Crippen molar-refractivity contribution in [1.29, 1.82) is 0 Å². The van der Waals surface area contributed by atoms with Crippen molar-refractivity contribution in [2.75, 3.05) is 24.3 Å². The summed E-state index contributed by atoms with van der Waals surface area (Å²) in [6, 6.07) is 11.8. The molecule has 1 amide bonds. The molecule has 4 heteroatoms. The van der Waals surface area contributed by atoms with E-state index < -0.39 is 0 Å². The van der Waals surface area contributed by atoms with E-state index in [1.807, 2.05) is 57.2 Å². The molecule has 2 rings (SSSR count). The van der Waals surface area contributed by atoms with Crippen LogP contribution in [0.15, 0.2) is 36.4 Å². The Morgan fingerprint density at radius 1 is 1.00 bits per heavy atom. The lowest BCUT2D eigenvalue weighted by Gasteiger charge is -2.13. The maximum atomic E-state index is 12.1. The molecule has 0 unspecified atom stereocenters. The van der Waals surface area contributed by atoms with Crippen LogP contribution in [0.1, 0.15) is 16.7 Å². The van der Waals surface area contributed by atoms with Gasteiger partial charge in [0.15, 0.2) is 0 Å². The van der Waals surface area contributed by atoms with Crippen LogP contribution >= 0.6 is 0 Å². The van der Waals surface area contributed by atoms with Crippen molar-refractivity contribution in [2.24, 2.45) is 0 Å². The number of methoxy groups -OCH3 is 1. The monoisotopic (exact) mass is 298 g/mol. The lowest BCUT2D eigenvalue weighted by Crippen LogP contribution is -2.22. The van der Waals surface area contributed by atoms with E-state index in [9.17, 15) is 4.79 Å². The van der Waals surface area contributed by atoms with E-state index in [0.29, 0.717) is 0 Å². The molecular formula is C18H22N2O2. The summed E-state index contributed by atoms with van der Waals surface area (Å²) in [5.41, 5.74) is 4.95.